The van der Waals surface area contributed by atoms with E-state index >= 15 is 0 Å². The minimum Gasteiger partial charge on any atom is -0.455 e. The fraction of sp³-hybridized carbons (Fsp3) is 0.444. The van der Waals surface area contributed by atoms with Crippen LogP contribution in [0.5, 0.6) is 0 Å². The van der Waals surface area contributed by atoms with Crippen molar-refractivity contribution in [1.82, 2.24) is 30.1 Å². The van der Waals surface area contributed by atoms with E-state index < -0.39 is 41.7 Å². The summed E-state index contributed by atoms with van der Waals surface area (Å²) in [5.74, 6) is -3.56. The first-order valence-electron chi connectivity index (χ1n) is 16.9. The van der Waals surface area contributed by atoms with Gasteiger partial charge in [0.1, 0.15) is 35.9 Å². The monoisotopic (exact) mass is 668 g/mol. The molecule has 5 heterocycles. The molecule has 0 unspecified atom stereocenters. The van der Waals surface area contributed by atoms with Crippen LogP contribution in [0.25, 0.3) is 11.0 Å². The molecule has 13 heteroatoms. The van der Waals surface area contributed by atoms with Gasteiger partial charge in [-0.3, -0.25) is 19.2 Å². The van der Waals surface area contributed by atoms with Crippen molar-refractivity contribution in [1.29, 1.82) is 0 Å². The van der Waals surface area contributed by atoms with E-state index in [1.165, 1.54) is 0 Å². The number of para-hydroxylation sites is 1. The standard InChI is InChI=1S/C36H40N6O7/c43-21-10-2-9-20-41-32-34(46)40(23-42-26-15-6-5-14-25(26)38-39-42)19-11-18-36(32)31(33(41)45)30-27(49-36)16-7-8-17-29(44)37-22-28(48-35(30)47)24-12-3-1-4-13-24/h1,3-7,11-16,18,27-28,30-32,43H,2,8-10,17,19-23H2,(H,37,44)/b16-7-/t27-,28+,30+,31+,32-,36+/m1/s1. The van der Waals surface area contributed by atoms with Gasteiger partial charge in [0.05, 0.1) is 24.1 Å². The minimum atomic E-state index is -1.44. The zero-order valence-corrected chi connectivity index (χ0v) is 27.1. The molecule has 13 nitrogen and oxygen atoms in total. The average Bonchev–Trinajstić information content (AvgIpc) is 3.70. The number of hydrogen-bond acceptors (Lipinski definition) is 9. The van der Waals surface area contributed by atoms with E-state index in [0.29, 0.717) is 36.8 Å². The van der Waals surface area contributed by atoms with Gasteiger partial charge < -0.3 is 29.7 Å². The van der Waals surface area contributed by atoms with Crippen molar-refractivity contribution >= 4 is 34.7 Å². The second-order valence-corrected chi connectivity index (χ2v) is 12.9. The SMILES string of the molecule is O=C1CC/C=C\[C@H]2O[C@]34C=CCN(Cn5nnc6ccccc65)C(=O)[C@H]3N(CCCCCO)C(=O)[C@@H]4[C@H]2C(=O)O[C@H](c2ccccc2)CN1. The summed E-state index contributed by atoms with van der Waals surface area (Å²) in [5, 5.41) is 20.8. The summed E-state index contributed by atoms with van der Waals surface area (Å²) >= 11 is 0. The van der Waals surface area contributed by atoms with Crippen LogP contribution in [0.15, 0.2) is 78.9 Å². The Hall–Kier alpha value is -4.88. The molecule has 7 rings (SSSR count). The Bertz CT molecular complexity index is 1780. The largest absolute Gasteiger partial charge is 0.455 e. The van der Waals surface area contributed by atoms with Gasteiger partial charge in [0.15, 0.2) is 0 Å². The van der Waals surface area contributed by atoms with Crippen molar-refractivity contribution in [2.45, 2.75) is 62.6 Å². The summed E-state index contributed by atoms with van der Waals surface area (Å²) in [7, 11) is 0. The molecule has 2 saturated heterocycles. The van der Waals surface area contributed by atoms with E-state index in [4.69, 9.17) is 9.47 Å². The van der Waals surface area contributed by atoms with Gasteiger partial charge in [0.2, 0.25) is 11.8 Å². The van der Waals surface area contributed by atoms with Crippen LogP contribution in [0.4, 0.5) is 0 Å². The quantitative estimate of drug-likeness (QED) is 0.209. The molecule has 0 aliphatic carbocycles. The molecule has 2 N–H and O–H groups in total. The van der Waals surface area contributed by atoms with E-state index in [1.54, 1.807) is 32.7 Å². The average molecular weight is 669 g/mol. The molecule has 0 bridgehead atoms. The predicted octanol–water partition coefficient (Wildman–Crippen LogP) is 2.28. The van der Waals surface area contributed by atoms with Gasteiger partial charge in [0, 0.05) is 26.1 Å². The Morgan fingerprint density at radius 2 is 1.78 bits per heavy atom. The maximum absolute atomic E-state index is 14.7. The predicted molar refractivity (Wildman–Crippen MR) is 176 cm³/mol. The fourth-order valence-electron chi connectivity index (χ4n) is 7.57. The number of benzene rings is 2. The third-order valence-electron chi connectivity index (χ3n) is 9.91. The number of esters is 1. The molecule has 0 saturated carbocycles. The van der Waals surface area contributed by atoms with Gasteiger partial charge in [0.25, 0.3) is 5.91 Å². The molecule has 1 spiro atoms. The summed E-state index contributed by atoms with van der Waals surface area (Å²) < 4.78 is 14.6. The number of nitrogens with one attached hydrogen (secondary N) is 1. The van der Waals surface area contributed by atoms with E-state index in [-0.39, 0.29) is 57.1 Å². The van der Waals surface area contributed by atoms with Crippen molar-refractivity contribution in [3.8, 4) is 0 Å². The van der Waals surface area contributed by atoms with Crippen LogP contribution < -0.4 is 5.32 Å². The first-order chi connectivity index (χ1) is 23.9. The van der Waals surface area contributed by atoms with Gasteiger partial charge in [-0.15, -0.1) is 5.10 Å². The highest BCUT2D eigenvalue weighted by atomic mass is 16.6. The molecule has 6 atom stereocenters. The summed E-state index contributed by atoms with van der Waals surface area (Å²) in [4.78, 5) is 59.4. The smallest absolute Gasteiger partial charge is 0.313 e. The van der Waals surface area contributed by atoms with Crippen molar-refractivity contribution in [3.05, 3.63) is 84.5 Å². The molecular weight excluding hydrogens is 628 g/mol. The maximum atomic E-state index is 14.7. The number of aromatic nitrogens is 3. The van der Waals surface area contributed by atoms with Crippen molar-refractivity contribution in [2.24, 2.45) is 11.8 Å². The lowest BCUT2D eigenvalue weighted by Crippen LogP contribution is -2.55. The topological polar surface area (TPSA) is 156 Å². The number of hydrogen-bond donors (Lipinski definition) is 2. The van der Waals surface area contributed by atoms with Gasteiger partial charge in [-0.25, -0.2) is 4.68 Å². The number of unbranched alkanes of at least 4 members (excludes halogenated alkanes) is 2. The van der Waals surface area contributed by atoms with E-state index in [9.17, 15) is 24.3 Å². The molecule has 49 heavy (non-hydrogen) atoms. The number of amides is 3. The van der Waals surface area contributed by atoms with Gasteiger partial charge in [-0.2, -0.15) is 0 Å². The number of nitrogens with zero attached hydrogens (tertiary/aromatic N) is 5. The third kappa shape index (κ3) is 6.12. The molecule has 2 fully saturated rings. The number of rotatable bonds is 8. The molecule has 0 radical (unpaired) electrons. The number of cyclic esters (lactones) is 1. The molecule has 4 aliphatic heterocycles. The number of likely N-dealkylation sites (tertiary alicyclic amines) is 1. The number of fused-ring (bicyclic) bond motifs is 3. The third-order valence-corrected chi connectivity index (χ3v) is 9.91. The van der Waals surface area contributed by atoms with Gasteiger partial charge >= 0.3 is 5.97 Å². The Balaban J connectivity index is 1.26. The van der Waals surface area contributed by atoms with Crippen LogP contribution >= 0.6 is 0 Å². The van der Waals surface area contributed by atoms with Crippen LogP contribution in [0.1, 0.15) is 43.8 Å². The van der Waals surface area contributed by atoms with Crippen molar-refractivity contribution < 1.29 is 33.8 Å². The fourth-order valence-corrected chi connectivity index (χ4v) is 7.57. The summed E-state index contributed by atoms with van der Waals surface area (Å²) in [6, 6.07) is 15.6. The van der Waals surface area contributed by atoms with Crippen LogP contribution in [0.3, 0.4) is 0 Å². The van der Waals surface area contributed by atoms with E-state index in [2.05, 4.69) is 15.6 Å². The minimum absolute atomic E-state index is 0.0271. The number of aliphatic hydroxyl groups is 1. The van der Waals surface area contributed by atoms with Gasteiger partial charge in [-0.1, -0.05) is 72.0 Å². The van der Waals surface area contributed by atoms with E-state index in [0.717, 1.165) is 5.52 Å². The summed E-state index contributed by atoms with van der Waals surface area (Å²) in [6.45, 7) is 0.685. The Morgan fingerprint density at radius 3 is 2.61 bits per heavy atom. The zero-order valence-electron chi connectivity index (χ0n) is 27.1. The molecule has 256 valence electrons. The normalized spacial score (nSPS) is 29.4. The second kappa shape index (κ2) is 13.9. The lowest BCUT2D eigenvalue weighted by Gasteiger charge is -2.35. The number of carbonyl (C=O) groups is 4. The zero-order chi connectivity index (χ0) is 34.0. The van der Waals surface area contributed by atoms with Crippen molar-refractivity contribution in [3.63, 3.8) is 0 Å². The maximum Gasteiger partial charge on any atom is 0.313 e. The summed E-state index contributed by atoms with van der Waals surface area (Å²) in [6.07, 6.45) is 7.88. The van der Waals surface area contributed by atoms with Crippen LogP contribution in [-0.4, -0.2) is 97.6 Å². The molecule has 1 aromatic heterocycles. The Kier molecular flexibility index (Phi) is 9.28. The number of allylic oxidation sites excluding steroid dienone is 1. The van der Waals surface area contributed by atoms with Crippen LogP contribution in [0, 0.1) is 11.8 Å². The Labute approximate surface area is 283 Å². The molecule has 3 amide bonds. The molecule has 4 aliphatic rings. The first-order valence-corrected chi connectivity index (χ1v) is 16.9. The number of carbonyl (C=O) groups excluding carboxylic acids is 4. The van der Waals surface area contributed by atoms with Crippen LogP contribution in [-0.2, 0) is 35.3 Å². The van der Waals surface area contributed by atoms with Crippen LogP contribution in [0.2, 0.25) is 0 Å². The second-order valence-electron chi connectivity index (χ2n) is 12.9. The highest BCUT2D eigenvalue weighted by Gasteiger charge is 2.71. The Morgan fingerprint density at radius 1 is 0.959 bits per heavy atom. The highest BCUT2D eigenvalue weighted by molar-refractivity contribution is 5.99. The molecular formula is C36H40N6O7. The lowest BCUT2D eigenvalue weighted by molar-refractivity contribution is -0.160. The number of aliphatic hydroxyl groups excluding tert-OH is 1. The molecule has 3 aromatic rings. The lowest BCUT2D eigenvalue weighted by atomic mass is 9.78. The number of ether oxygens (including phenoxy) is 2. The van der Waals surface area contributed by atoms with Gasteiger partial charge in [-0.05, 0) is 43.4 Å². The van der Waals surface area contributed by atoms with E-state index in [1.807, 2.05) is 60.7 Å². The first kappa shape index (κ1) is 32.7. The molecule has 2 aromatic carbocycles. The highest BCUT2D eigenvalue weighted by Crippen LogP contribution is 2.53. The summed E-state index contributed by atoms with van der Waals surface area (Å²) in [5.41, 5.74) is 0.724. The van der Waals surface area contributed by atoms with Crippen molar-refractivity contribution in [2.75, 3.05) is 26.2 Å².